The maximum atomic E-state index is 13.3. The molecule has 3 rings (SSSR count). The molecule has 1 aromatic heterocycles. The van der Waals surface area contributed by atoms with E-state index in [1.807, 2.05) is 0 Å². The molecule has 0 saturated carbocycles. The lowest BCUT2D eigenvalue weighted by atomic mass is 9.95. The molecule has 1 aliphatic heterocycles. The molecule has 1 saturated heterocycles. The molecule has 1 aliphatic rings. The monoisotopic (exact) mass is 303 g/mol. The first-order chi connectivity index (χ1) is 10.7. The van der Waals surface area contributed by atoms with Crippen LogP contribution in [0.5, 0.6) is 0 Å². The van der Waals surface area contributed by atoms with E-state index in [1.165, 1.54) is 25.0 Å². The van der Waals surface area contributed by atoms with Crippen molar-refractivity contribution in [3.05, 3.63) is 42.0 Å². The van der Waals surface area contributed by atoms with Crippen molar-refractivity contribution in [3.63, 3.8) is 0 Å². The maximum Gasteiger partial charge on any atom is 0.226 e. The van der Waals surface area contributed by atoms with Crippen LogP contribution in [0.15, 0.2) is 34.9 Å². The molecular formula is C17H22FN3O. The van der Waals surface area contributed by atoms with Gasteiger partial charge in [0.05, 0.1) is 5.69 Å². The zero-order chi connectivity index (χ0) is 15.4. The van der Waals surface area contributed by atoms with E-state index in [1.54, 1.807) is 18.4 Å². The summed E-state index contributed by atoms with van der Waals surface area (Å²) in [7, 11) is 0. The van der Waals surface area contributed by atoms with Gasteiger partial charge in [0, 0.05) is 18.7 Å². The largest absolute Gasteiger partial charge is 0.444 e. The summed E-state index contributed by atoms with van der Waals surface area (Å²) in [5.74, 6) is 0.885. The number of oxazole rings is 1. The van der Waals surface area contributed by atoms with Gasteiger partial charge >= 0.3 is 0 Å². The molecule has 4 nitrogen and oxygen atoms in total. The summed E-state index contributed by atoms with van der Waals surface area (Å²) in [6, 6.07) is 6.32. The van der Waals surface area contributed by atoms with Crippen molar-refractivity contribution in [2.45, 2.75) is 25.8 Å². The lowest BCUT2D eigenvalue weighted by molar-refractivity contribution is 0.161. The van der Waals surface area contributed by atoms with Gasteiger partial charge in [-0.05, 0) is 56.5 Å². The second-order valence-electron chi connectivity index (χ2n) is 5.98. The molecule has 1 unspecified atom stereocenters. The minimum absolute atomic E-state index is 0.280. The third kappa shape index (κ3) is 3.72. The second kappa shape index (κ2) is 7.03. The highest BCUT2D eigenvalue weighted by atomic mass is 19.1. The highest BCUT2D eigenvalue weighted by Gasteiger charge is 2.20. The summed E-state index contributed by atoms with van der Waals surface area (Å²) in [4.78, 5) is 6.89. The van der Waals surface area contributed by atoms with Crippen LogP contribution in [-0.2, 0) is 6.54 Å². The van der Waals surface area contributed by atoms with Gasteiger partial charge in [-0.15, -0.1) is 0 Å². The van der Waals surface area contributed by atoms with Crippen molar-refractivity contribution < 1.29 is 8.81 Å². The predicted octanol–water partition coefficient (Wildman–Crippen LogP) is 3.04. The van der Waals surface area contributed by atoms with E-state index < -0.39 is 0 Å². The zero-order valence-electron chi connectivity index (χ0n) is 12.7. The molecule has 2 heterocycles. The maximum absolute atomic E-state index is 13.3. The number of aromatic nitrogens is 1. The molecule has 2 aromatic rings. The van der Waals surface area contributed by atoms with E-state index in [0.717, 1.165) is 38.3 Å². The van der Waals surface area contributed by atoms with Crippen LogP contribution in [0.4, 0.5) is 4.39 Å². The molecule has 0 bridgehead atoms. The van der Waals surface area contributed by atoms with Gasteiger partial charge in [-0.25, -0.2) is 9.37 Å². The highest BCUT2D eigenvalue weighted by molar-refractivity contribution is 5.52. The molecule has 1 aromatic carbocycles. The number of rotatable bonds is 5. The topological polar surface area (TPSA) is 55.3 Å². The molecule has 22 heavy (non-hydrogen) atoms. The standard InChI is InChI=1S/C17H22FN3O/c18-15-5-1-4-14(9-15)17-20-16(12-22-17)11-21-8-2-3-13(10-21)6-7-19/h1,4-5,9,12-13H,2-3,6-8,10-11,19H2. The first-order valence-electron chi connectivity index (χ1n) is 7.87. The number of hydrogen-bond acceptors (Lipinski definition) is 4. The first kappa shape index (κ1) is 15.2. The molecule has 0 radical (unpaired) electrons. The van der Waals surface area contributed by atoms with Crippen molar-refractivity contribution in [3.8, 4) is 11.5 Å². The van der Waals surface area contributed by atoms with Crippen LogP contribution < -0.4 is 5.73 Å². The summed E-state index contributed by atoms with van der Waals surface area (Å²) < 4.78 is 18.8. The normalized spacial score (nSPS) is 19.5. The van der Waals surface area contributed by atoms with Crippen LogP contribution in [0.25, 0.3) is 11.5 Å². The van der Waals surface area contributed by atoms with Crippen LogP contribution in [0, 0.1) is 11.7 Å². The molecule has 0 amide bonds. The van der Waals surface area contributed by atoms with E-state index in [2.05, 4.69) is 9.88 Å². The third-order valence-electron chi connectivity index (χ3n) is 4.19. The molecule has 0 aliphatic carbocycles. The smallest absolute Gasteiger partial charge is 0.226 e. The molecule has 5 heteroatoms. The summed E-state index contributed by atoms with van der Waals surface area (Å²) in [6.45, 7) is 3.69. The van der Waals surface area contributed by atoms with Gasteiger partial charge in [-0.3, -0.25) is 4.90 Å². The van der Waals surface area contributed by atoms with Crippen molar-refractivity contribution in [2.24, 2.45) is 11.7 Å². The van der Waals surface area contributed by atoms with E-state index in [0.29, 0.717) is 17.4 Å². The lowest BCUT2D eigenvalue weighted by Crippen LogP contribution is -2.35. The van der Waals surface area contributed by atoms with Crippen molar-refractivity contribution in [2.75, 3.05) is 19.6 Å². The summed E-state index contributed by atoms with van der Waals surface area (Å²) in [5.41, 5.74) is 7.23. The average molecular weight is 303 g/mol. The molecule has 118 valence electrons. The van der Waals surface area contributed by atoms with Crippen LogP contribution in [-0.4, -0.2) is 29.5 Å². The fourth-order valence-corrected chi connectivity index (χ4v) is 3.13. The number of halogens is 1. The number of likely N-dealkylation sites (tertiary alicyclic amines) is 1. The van der Waals surface area contributed by atoms with Gasteiger partial charge in [0.1, 0.15) is 12.1 Å². The van der Waals surface area contributed by atoms with Crippen molar-refractivity contribution in [1.82, 2.24) is 9.88 Å². The van der Waals surface area contributed by atoms with Gasteiger partial charge in [0.2, 0.25) is 5.89 Å². The number of nitrogens with zero attached hydrogens (tertiary/aromatic N) is 2. The van der Waals surface area contributed by atoms with Gasteiger partial charge in [0.15, 0.2) is 0 Å². The predicted molar refractivity (Wildman–Crippen MR) is 83.6 cm³/mol. The third-order valence-corrected chi connectivity index (χ3v) is 4.19. The lowest BCUT2D eigenvalue weighted by Gasteiger charge is -2.31. The van der Waals surface area contributed by atoms with Crippen molar-refractivity contribution >= 4 is 0 Å². The molecular weight excluding hydrogens is 281 g/mol. The zero-order valence-corrected chi connectivity index (χ0v) is 12.7. The van der Waals surface area contributed by atoms with Gasteiger partial charge in [-0.1, -0.05) is 6.07 Å². The van der Waals surface area contributed by atoms with Crippen LogP contribution in [0.1, 0.15) is 25.0 Å². The van der Waals surface area contributed by atoms with E-state index in [-0.39, 0.29) is 5.82 Å². The van der Waals surface area contributed by atoms with E-state index in [4.69, 9.17) is 10.2 Å². The summed E-state index contributed by atoms with van der Waals surface area (Å²) in [5, 5.41) is 0. The van der Waals surface area contributed by atoms with E-state index in [9.17, 15) is 4.39 Å². The number of piperidine rings is 1. The summed E-state index contributed by atoms with van der Waals surface area (Å²) >= 11 is 0. The van der Waals surface area contributed by atoms with Crippen LogP contribution in [0.3, 0.4) is 0 Å². The Labute approximate surface area is 130 Å². The Balaban J connectivity index is 1.64. The van der Waals surface area contributed by atoms with Crippen LogP contribution >= 0.6 is 0 Å². The number of nitrogens with two attached hydrogens (primary N) is 1. The minimum Gasteiger partial charge on any atom is -0.444 e. The Morgan fingerprint density at radius 1 is 1.41 bits per heavy atom. The fraction of sp³-hybridized carbons (Fsp3) is 0.471. The van der Waals surface area contributed by atoms with Gasteiger partial charge in [-0.2, -0.15) is 0 Å². The van der Waals surface area contributed by atoms with Gasteiger partial charge in [0.25, 0.3) is 0 Å². The summed E-state index contributed by atoms with van der Waals surface area (Å²) in [6.07, 6.45) is 5.23. The Morgan fingerprint density at radius 3 is 3.14 bits per heavy atom. The minimum atomic E-state index is -0.280. The fourth-order valence-electron chi connectivity index (χ4n) is 3.13. The van der Waals surface area contributed by atoms with E-state index >= 15 is 0 Å². The molecule has 0 spiro atoms. The molecule has 2 N–H and O–H groups in total. The highest BCUT2D eigenvalue weighted by Crippen LogP contribution is 2.23. The quantitative estimate of drug-likeness (QED) is 0.922. The van der Waals surface area contributed by atoms with Crippen molar-refractivity contribution in [1.29, 1.82) is 0 Å². The van der Waals surface area contributed by atoms with Crippen LogP contribution in [0.2, 0.25) is 0 Å². The molecule has 1 atom stereocenters. The first-order valence-corrected chi connectivity index (χ1v) is 7.87. The van der Waals surface area contributed by atoms with Gasteiger partial charge < -0.3 is 10.2 Å². The Kier molecular flexibility index (Phi) is 4.85. The Hall–Kier alpha value is -1.72. The Bertz CT molecular complexity index is 611. The Morgan fingerprint density at radius 2 is 2.32 bits per heavy atom. The average Bonchev–Trinajstić information content (AvgIpc) is 2.96. The molecule has 1 fully saturated rings. The SMILES string of the molecule is NCCC1CCCN(Cc2coc(-c3cccc(F)c3)n2)C1. The number of benzene rings is 1. The number of hydrogen-bond donors (Lipinski definition) is 1. The second-order valence-corrected chi connectivity index (χ2v) is 5.98.